The Morgan fingerprint density at radius 3 is 2.50 bits per heavy atom. The van der Waals surface area contributed by atoms with Crippen molar-refractivity contribution in [3.05, 3.63) is 11.8 Å². The van der Waals surface area contributed by atoms with Crippen molar-refractivity contribution in [3.8, 4) is 0 Å². The van der Waals surface area contributed by atoms with E-state index >= 15 is 0 Å². The van der Waals surface area contributed by atoms with Gasteiger partial charge in [-0.1, -0.05) is 5.20 Å². The monoisotopic (exact) mass is 132 g/mol. The molecule has 0 aliphatic heterocycles. The van der Waals surface area contributed by atoms with Crippen LogP contribution in [0.1, 0.15) is 6.92 Å². The summed E-state index contributed by atoms with van der Waals surface area (Å²) in [6, 6.07) is 0. The molecule has 0 rings (SSSR count). The summed E-state index contributed by atoms with van der Waals surface area (Å²) in [4.78, 5) is 9.68. The lowest BCUT2D eigenvalue weighted by molar-refractivity contribution is 0.147. The lowest BCUT2D eigenvalue weighted by Crippen LogP contribution is -2.05. The topological polar surface area (TPSA) is 46.5 Å². The van der Waals surface area contributed by atoms with Crippen molar-refractivity contribution in [1.29, 1.82) is 0 Å². The van der Waals surface area contributed by atoms with E-state index in [9.17, 15) is 4.79 Å². The Bertz CT molecular complexity index is 95.9. The van der Waals surface area contributed by atoms with Crippen molar-refractivity contribution < 1.29 is 14.3 Å². The molecule has 0 spiro atoms. The van der Waals surface area contributed by atoms with E-state index in [2.05, 4.69) is 11.0 Å². The lowest BCUT2D eigenvalue weighted by Gasteiger charge is -1.94. The van der Waals surface area contributed by atoms with Gasteiger partial charge in [0.05, 0.1) is 0 Å². The van der Waals surface area contributed by atoms with Crippen molar-refractivity contribution in [1.82, 2.24) is 0 Å². The van der Waals surface area contributed by atoms with Gasteiger partial charge in [0.1, 0.15) is 0 Å². The largest absolute Gasteiger partial charge is 0.491 e. The van der Waals surface area contributed by atoms with E-state index in [1.165, 1.54) is 0 Å². The van der Waals surface area contributed by atoms with Crippen molar-refractivity contribution in [2.75, 3.05) is 0 Å². The average Bonchev–Trinajstić information content (AvgIpc) is 1.61. The van der Waals surface area contributed by atoms with E-state index in [1.807, 2.05) is 0 Å². The zero-order valence-corrected chi connectivity index (χ0v) is 6.09. The van der Waals surface area contributed by atoms with E-state index < -0.39 is 15.9 Å². The summed E-state index contributed by atoms with van der Waals surface area (Å²) in [5.41, 5.74) is 0. The van der Waals surface area contributed by atoms with Crippen LogP contribution in [0.4, 0.5) is 4.79 Å². The van der Waals surface area contributed by atoms with Crippen molar-refractivity contribution in [2.24, 2.45) is 0 Å². The minimum Gasteiger partial charge on any atom is -0.491 e. The molecule has 0 aliphatic rings. The molecule has 0 saturated carbocycles. The quantitative estimate of drug-likeness (QED) is 0.550. The van der Waals surface area contributed by atoms with Gasteiger partial charge in [0, 0.05) is 0 Å². The molecule has 1 N–H and O–H groups in total. The van der Waals surface area contributed by atoms with Crippen LogP contribution in [0.5, 0.6) is 0 Å². The molecule has 0 bridgehead atoms. The maximum absolute atomic E-state index is 9.68. The fourth-order valence-electron chi connectivity index (χ4n) is 0.185. The molecule has 0 saturated heterocycles. The molecule has 3 nitrogen and oxygen atoms in total. The van der Waals surface area contributed by atoms with Crippen LogP contribution >= 0.6 is 0 Å². The first kappa shape index (κ1) is 7.23. The first-order valence-electron chi connectivity index (χ1n) is 2.13. The molecule has 0 heterocycles. The molecule has 0 aliphatic carbocycles. The summed E-state index contributed by atoms with van der Waals surface area (Å²) in [5, 5.41) is 8.77. The lowest BCUT2D eigenvalue weighted by atomic mass is 10.8. The third-order valence-corrected chi connectivity index (χ3v) is 1.33. The maximum Gasteiger partial charge on any atom is 0.491 e. The van der Waals surface area contributed by atoms with Crippen molar-refractivity contribution in [3.63, 3.8) is 0 Å². The van der Waals surface area contributed by atoms with Crippen LogP contribution in [0.15, 0.2) is 11.8 Å². The zero-order chi connectivity index (χ0) is 6.57. The van der Waals surface area contributed by atoms with E-state index in [0.29, 0.717) is 0 Å². The molecule has 0 fully saturated rings. The highest BCUT2D eigenvalue weighted by Crippen LogP contribution is 1.83. The molecule has 0 radical (unpaired) electrons. The number of allylic oxidation sites excluding steroid dienone is 1. The summed E-state index contributed by atoms with van der Waals surface area (Å²) >= 11 is 0. The van der Waals surface area contributed by atoms with Gasteiger partial charge in [-0.3, -0.25) is 0 Å². The average molecular weight is 132 g/mol. The summed E-state index contributed by atoms with van der Waals surface area (Å²) in [6.45, 7) is 5.26. The molecule has 0 atom stereocenters. The second kappa shape index (κ2) is 3.26. The SMILES string of the molecule is C=C(C)[SiH2]OC(=O)O. The third-order valence-electron chi connectivity index (χ3n) is 0.442. The van der Waals surface area contributed by atoms with Crippen LogP contribution in [0.3, 0.4) is 0 Å². The summed E-state index contributed by atoms with van der Waals surface area (Å²) < 4.78 is 4.26. The Morgan fingerprint density at radius 2 is 2.38 bits per heavy atom. The van der Waals surface area contributed by atoms with Gasteiger partial charge in [0.15, 0.2) is 0 Å². The molecule has 0 aromatic carbocycles. The Kier molecular flexibility index (Phi) is 2.94. The highest BCUT2D eigenvalue weighted by molar-refractivity contribution is 6.39. The highest BCUT2D eigenvalue weighted by atomic mass is 28.2. The van der Waals surface area contributed by atoms with Gasteiger partial charge in [-0.25, -0.2) is 4.79 Å². The Morgan fingerprint density at radius 1 is 1.88 bits per heavy atom. The first-order chi connectivity index (χ1) is 3.63. The zero-order valence-electron chi connectivity index (χ0n) is 4.68. The minimum atomic E-state index is -1.19. The molecule has 0 aromatic heterocycles. The van der Waals surface area contributed by atoms with Gasteiger partial charge in [0.2, 0.25) is 0 Å². The van der Waals surface area contributed by atoms with E-state index in [0.717, 1.165) is 5.20 Å². The Labute approximate surface area is 49.9 Å². The van der Waals surface area contributed by atoms with Crippen LogP contribution in [-0.2, 0) is 4.43 Å². The smallest absolute Gasteiger partial charge is 0.491 e. The number of rotatable bonds is 2. The van der Waals surface area contributed by atoms with E-state index in [-0.39, 0.29) is 0 Å². The fraction of sp³-hybridized carbons (Fsp3) is 0.250. The van der Waals surface area contributed by atoms with Gasteiger partial charge in [-0.2, -0.15) is 0 Å². The number of hydrogen-bond acceptors (Lipinski definition) is 2. The second-order valence-electron chi connectivity index (χ2n) is 1.51. The molecule has 46 valence electrons. The molecular weight excluding hydrogens is 124 g/mol. The molecule has 0 amide bonds. The molecule has 8 heavy (non-hydrogen) atoms. The van der Waals surface area contributed by atoms with Gasteiger partial charge >= 0.3 is 6.16 Å². The predicted molar refractivity (Wildman–Crippen MR) is 32.5 cm³/mol. The molecule has 0 unspecified atom stereocenters. The Hall–Kier alpha value is -0.773. The maximum atomic E-state index is 9.68. The van der Waals surface area contributed by atoms with Crippen LogP contribution in [0, 0.1) is 0 Å². The number of carboxylic acid groups (broad SMARTS) is 1. The van der Waals surface area contributed by atoms with E-state index in [1.54, 1.807) is 6.92 Å². The number of carbonyl (C=O) groups is 1. The van der Waals surface area contributed by atoms with Crippen LogP contribution < -0.4 is 0 Å². The van der Waals surface area contributed by atoms with Gasteiger partial charge < -0.3 is 9.53 Å². The van der Waals surface area contributed by atoms with Crippen LogP contribution in [0.2, 0.25) is 0 Å². The van der Waals surface area contributed by atoms with Gasteiger partial charge in [0.25, 0.3) is 9.76 Å². The highest BCUT2D eigenvalue weighted by Gasteiger charge is 1.94. The predicted octanol–water partition coefficient (Wildman–Crippen LogP) is 0.298. The second-order valence-corrected chi connectivity index (χ2v) is 3.30. The summed E-state index contributed by atoms with van der Waals surface area (Å²) in [7, 11) is -0.995. The minimum absolute atomic E-state index is 0.840. The summed E-state index contributed by atoms with van der Waals surface area (Å²) in [5.74, 6) is 0. The van der Waals surface area contributed by atoms with Gasteiger partial charge in [-0.15, -0.1) is 6.58 Å². The Balaban J connectivity index is 3.18. The normalized spacial score (nSPS) is 9.62. The van der Waals surface area contributed by atoms with Crippen LogP contribution in [-0.4, -0.2) is 21.0 Å². The third kappa shape index (κ3) is 5.23. The first-order valence-corrected chi connectivity index (χ1v) is 3.41. The fourth-order valence-corrected chi connectivity index (χ4v) is 0.555. The molecule has 4 heteroatoms. The van der Waals surface area contributed by atoms with E-state index in [4.69, 9.17) is 5.11 Å². The van der Waals surface area contributed by atoms with Crippen molar-refractivity contribution in [2.45, 2.75) is 6.92 Å². The molecular formula is C4H8O3Si. The van der Waals surface area contributed by atoms with Gasteiger partial charge in [-0.05, 0) is 6.92 Å². The number of hydrogen-bond donors (Lipinski definition) is 1. The summed E-state index contributed by atoms with van der Waals surface area (Å²) in [6.07, 6.45) is -1.19. The van der Waals surface area contributed by atoms with Crippen molar-refractivity contribution >= 4 is 15.9 Å². The van der Waals surface area contributed by atoms with Crippen LogP contribution in [0.25, 0.3) is 0 Å². The molecule has 0 aromatic rings. The standard InChI is InChI=1S/C4H8O3Si/c1-3(2)8-7-4(5)6/h1,8H2,2H3,(H,5,6).